The number of phenolic OH excluding ortho intramolecular Hbond substituents is 1. The van der Waals surface area contributed by atoms with Crippen molar-refractivity contribution in [1.29, 1.82) is 0 Å². The van der Waals surface area contributed by atoms with Crippen molar-refractivity contribution in [2.45, 2.75) is 0 Å². The van der Waals surface area contributed by atoms with E-state index in [4.69, 9.17) is 4.74 Å². The molecule has 0 aliphatic heterocycles. The molecule has 0 fully saturated rings. The van der Waals surface area contributed by atoms with Crippen molar-refractivity contribution >= 4 is 39.1 Å². The summed E-state index contributed by atoms with van der Waals surface area (Å²) in [5.41, 5.74) is 0.770. The number of carbonyl (C=O) groups excluding carboxylic acids is 1. The SMILES string of the molecule is COc1cc(/C=C/C(=O)c2cccs2)cc(Br)c1O. The molecule has 0 amide bonds. The lowest BCUT2D eigenvalue weighted by atomic mass is 10.1. The van der Waals surface area contributed by atoms with E-state index in [-0.39, 0.29) is 11.5 Å². The smallest absolute Gasteiger partial charge is 0.195 e. The lowest BCUT2D eigenvalue weighted by molar-refractivity contribution is 0.105. The summed E-state index contributed by atoms with van der Waals surface area (Å²) in [6, 6.07) is 7.00. The number of carbonyl (C=O) groups is 1. The van der Waals surface area contributed by atoms with Crippen molar-refractivity contribution in [3.8, 4) is 11.5 Å². The minimum Gasteiger partial charge on any atom is -0.503 e. The monoisotopic (exact) mass is 338 g/mol. The topological polar surface area (TPSA) is 46.5 Å². The fourth-order valence-electron chi connectivity index (χ4n) is 1.52. The Bertz CT molecular complexity index is 618. The van der Waals surface area contributed by atoms with Gasteiger partial charge in [0.1, 0.15) is 0 Å². The zero-order valence-electron chi connectivity index (χ0n) is 10.1. The Hall–Kier alpha value is -1.59. The maximum Gasteiger partial charge on any atom is 0.195 e. The first-order valence-electron chi connectivity index (χ1n) is 5.44. The van der Waals surface area contributed by atoms with Crippen LogP contribution in [0.2, 0.25) is 0 Å². The Labute approximate surface area is 123 Å². The summed E-state index contributed by atoms with van der Waals surface area (Å²) in [4.78, 5) is 12.5. The van der Waals surface area contributed by atoms with E-state index in [9.17, 15) is 9.90 Å². The molecule has 0 spiro atoms. The van der Waals surface area contributed by atoms with Crippen LogP contribution in [0.1, 0.15) is 15.2 Å². The standard InChI is InChI=1S/C14H11BrO3S/c1-18-12-8-9(7-10(15)14(12)17)4-5-11(16)13-3-2-6-19-13/h2-8,17H,1H3/b5-4+. The summed E-state index contributed by atoms with van der Waals surface area (Å²) in [5.74, 6) is 0.361. The van der Waals surface area contributed by atoms with E-state index in [1.165, 1.54) is 24.5 Å². The second kappa shape index (κ2) is 6.04. The first kappa shape index (κ1) is 13.8. The molecule has 2 rings (SSSR count). The predicted molar refractivity (Wildman–Crippen MR) is 80.0 cm³/mol. The molecule has 1 heterocycles. The Morgan fingerprint density at radius 1 is 1.47 bits per heavy atom. The molecule has 0 radical (unpaired) electrons. The summed E-state index contributed by atoms with van der Waals surface area (Å²) in [6.45, 7) is 0. The highest BCUT2D eigenvalue weighted by Crippen LogP contribution is 2.35. The van der Waals surface area contributed by atoms with E-state index in [0.29, 0.717) is 15.1 Å². The minimum atomic E-state index is -0.0434. The summed E-state index contributed by atoms with van der Waals surface area (Å²) in [6.07, 6.45) is 3.19. The Balaban J connectivity index is 2.24. The first-order valence-corrected chi connectivity index (χ1v) is 7.11. The molecule has 2 aromatic rings. The molecule has 0 saturated heterocycles. The number of phenols is 1. The van der Waals surface area contributed by atoms with Crippen molar-refractivity contribution in [3.05, 3.63) is 50.6 Å². The number of rotatable bonds is 4. The van der Waals surface area contributed by atoms with Crippen molar-refractivity contribution in [2.75, 3.05) is 7.11 Å². The van der Waals surface area contributed by atoms with Gasteiger partial charge in [-0.2, -0.15) is 0 Å². The van der Waals surface area contributed by atoms with E-state index in [0.717, 1.165) is 5.56 Å². The van der Waals surface area contributed by atoms with E-state index >= 15 is 0 Å². The van der Waals surface area contributed by atoms with Crippen molar-refractivity contribution < 1.29 is 14.6 Å². The average molecular weight is 339 g/mol. The highest BCUT2D eigenvalue weighted by atomic mass is 79.9. The van der Waals surface area contributed by atoms with Crippen LogP contribution in [-0.2, 0) is 0 Å². The number of ketones is 1. The van der Waals surface area contributed by atoms with Crippen LogP contribution in [0.3, 0.4) is 0 Å². The maximum atomic E-state index is 11.8. The van der Waals surface area contributed by atoms with Gasteiger partial charge in [-0.1, -0.05) is 12.1 Å². The molecular weight excluding hydrogens is 328 g/mol. The predicted octanol–water partition coefficient (Wildman–Crippen LogP) is 4.12. The van der Waals surface area contributed by atoms with Crippen LogP contribution in [-0.4, -0.2) is 18.0 Å². The lowest BCUT2D eigenvalue weighted by Crippen LogP contribution is -1.89. The number of hydrogen-bond acceptors (Lipinski definition) is 4. The van der Waals surface area contributed by atoms with E-state index in [1.807, 2.05) is 11.4 Å². The fourth-order valence-corrected chi connectivity index (χ4v) is 2.62. The van der Waals surface area contributed by atoms with E-state index in [1.54, 1.807) is 24.3 Å². The quantitative estimate of drug-likeness (QED) is 0.673. The van der Waals surface area contributed by atoms with Gasteiger partial charge in [-0.15, -0.1) is 11.3 Å². The van der Waals surface area contributed by atoms with Crippen LogP contribution in [0.25, 0.3) is 6.08 Å². The number of ether oxygens (including phenoxy) is 1. The third kappa shape index (κ3) is 3.24. The number of thiophene rings is 1. The van der Waals surface area contributed by atoms with E-state index in [2.05, 4.69) is 15.9 Å². The molecule has 98 valence electrons. The zero-order chi connectivity index (χ0) is 13.8. The first-order chi connectivity index (χ1) is 9.11. The van der Waals surface area contributed by atoms with Gasteiger partial charge in [0, 0.05) is 0 Å². The Morgan fingerprint density at radius 2 is 2.26 bits per heavy atom. The van der Waals surface area contributed by atoms with Gasteiger partial charge in [-0.05, 0) is 51.1 Å². The van der Waals surface area contributed by atoms with E-state index < -0.39 is 0 Å². The molecule has 1 N–H and O–H groups in total. The molecule has 3 nitrogen and oxygen atoms in total. The molecule has 0 unspecified atom stereocenters. The maximum absolute atomic E-state index is 11.8. The van der Waals surface area contributed by atoms with Crippen LogP contribution in [0, 0.1) is 0 Å². The summed E-state index contributed by atoms with van der Waals surface area (Å²) >= 11 is 4.64. The fraction of sp³-hybridized carbons (Fsp3) is 0.0714. The normalized spacial score (nSPS) is 10.8. The molecule has 0 aliphatic carbocycles. The molecule has 1 aromatic heterocycles. The highest BCUT2D eigenvalue weighted by molar-refractivity contribution is 9.10. The number of methoxy groups -OCH3 is 1. The highest BCUT2D eigenvalue weighted by Gasteiger charge is 2.08. The number of halogens is 1. The Kier molecular flexibility index (Phi) is 4.39. The van der Waals surface area contributed by atoms with Gasteiger partial charge in [0.05, 0.1) is 16.5 Å². The van der Waals surface area contributed by atoms with Crippen LogP contribution < -0.4 is 4.74 Å². The molecule has 5 heteroatoms. The third-order valence-electron chi connectivity index (χ3n) is 2.46. The van der Waals surface area contributed by atoms with Gasteiger partial charge in [-0.3, -0.25) is 4.79 Å². The van der Waals surface area contributed by atoms with Crippen LogP contribution >= 0.6 is 27.3 Å². The number of benzene rings is 1. The second-order valence-corrected chi connectivity index (χ2v) is 5.53. The van der Waals surface area contributed by atoms with Crippen LogP contribution in [0.4, 0.5) is 0 Å². The molecule has 0 aliphatic rings. The summed E-state index contributed by atoms with van der Waals surface area (Å²) < 4.78 is 5.57. The minimum absolute atomic E-state index is 0.0434. The van der Waals surface area contributed by atoms with Gasteiger partial charge in [0.2, 0.25) is 0 Å². The number of hydrogen-bond donors (Lipinski definition) is 1. The molecule has 1 aromatic carbocycles. The zero-order valence-corrected chi connectivity index (χ0v) is 12.5. The largest absolute Gasteiger partial charge is 0.503 e. The summed E-state index contributed by atoms with van der Waals surface area (Å²) in [7, 11) is 1.48. The molecule has 0 bridgehead atoms. The molecule has 19 heavy (non-hydrogen) atoms. The third-order valence-corrected chi connectivity index (χ3v) is 3.95. The van der Waals surface area contributed by atoms with Gasteiger partial charge in [0.15, 0.2) is 17.3 Å². The number of allylic oxidation sites excluding steroid dienone is 1. The van der Waals surface area contributed by atoms with Gasteiger partial charge in [-0.25, -0.2) is 0 Å². The van der Waals surface area contributed by atoms with Crippen LogP contribution in [0.15, 0.2) is 40.2 Å². The Morgan fingerprint density at radius 3 is 2.89 bits per heavy atom. The number of aromatic hydroxyl groups is 1. The van der Waals surface area contributed by atoms with Gasteiger partial charge < -0.3 is 9.84 Å². The molecule has 0 saturated carbocycles. The average Bonchev–Trinajstić information content (AvgIpc) is 2.93. The lowest BCUT2D eigenvalue weighted by Gasteiger charge is -2.06. The molecule has 0 atom stereocenters. The molecular formula is C14H11BrO3S. The van der Waals surface area contributed by atoms with Crippen molar-refractivity contribution in [2.24, 2.45) is 0 Å². The summed E-state index contributed by atoms with van der Waals surface area (Å²) in [5, 5.41) is 11.6. The van der Waals surface area contributed by atoms with Crippen LogP contribution in [0.5, 0.6) is 11.5 Å². The van der Waals surface area contributed by atoms with Gasteiger partial charge in [0.25, 0.3) is 0 Å². The van der Waals surface area contributed by atoms with Gasteiger partial charge >= 0.3 is 0 Å². The van der Waals surface area contributed by atoms with Crippen molar-refractivity contribution in [3.63, 3.8) is 0 Å². The van der Waals surface area contributed by atoms with Crippen molar-refractivity contribution in [1.82, 2.24) is 0 Å². The second-order valence-electron chi connectivity index (χ2n) is 3.73.